The number of carbonyl (C=O) groups excluding carboxylic acids is 1. The Kier molecular flexibility index (Phi) is 9.19. The van der Waals surface area contributed by atoms with Gasteiger partial charge in [-0.15, -0.1) is 0 Å². The molecule has 0 aliphatic heterocycles. The lowest BCUT2D eigenvalue weighted by molar-refractivity contribution is 0.0827. The van der Waals surface area contributed by atoms with Crippen LogP contribution >= 0.6 is 0 Å². The van der Waals surface area contributed by atoms with Crippen LogP contribution in [0.15, 0.2) is 53.5 Å². The summed E-state index contributed by atoms with van der Waals surface area (Å²) in [5, 5.41) is 3.33. The van der Waals surface area contributed by atoms with Gasteiger partial charge in [-0.1, -0.05) is 29.8 Å². The summed E-state index contributed by atoms with van der Waals surface area (Å²) in [5.74, 6) is 1.75. The van der Waals surface area contributed by atoms with Crippen molar-refractivity contribution in [1.82, 2.24) is 15.1 Å². The highest BCUT2D eigenvalue weighted by Gasteiger charge is 2.09. The van der Waals surface area contributed by atoms with Gasteiger partial charge in [0.2, 0.25) is 0 Å². The van der Waals surface area contributed by atoms with Crippen LogP contribution < -0.4 is 10.1 Å². The fourth-order valence-corrected chi connectivity index (χ4v) is 2.92. The van der Waals surface area contributed by atoms with Crippen molar-refractivity contribution in [1.29, 1.82) is 0 Å². The van der Waals surface area contributed by atoms with E-state index in [1.165, 1.54) is 5.56 Å². The van der Waals surface area contributed by atoms with Crippen LogP contribution in [0.5, 0.6) is 5.75 Å². The van der Waals surface area contributed by atoms with E-state index in [1.807, 2.05) is 55.6 Å². The molecule has 162 valence electrons. The number of nitrogens with one attached hydrogen (secondary N) is 1. The highest BCUT2D eigenvalue weighted by Crippen LogP contribution is 2.11. The van der Waals surface area contributed by atoms with Crippen molar-refractivity contribution >= 4 is 11.9 Å². The van der Waals surface area contributed by atoms with E-state index in [4.69, 9.17) is 9.73 Å². The number of rotatable bonds is 9. The first kappa shape index (κ1) is 23.3. The molecule has 0 fully saturated rings. The maximum absolute atomic E-state index is 12.1. The third kappa shape index (κ3) is 7.43. The van der Waals surface area contributed by atoms with Crippen molar-refractivity contribution in [3.63, 3.8) is 0 Å². The standard InChI is InChI=1S/C24H34N4O2/c1-6-25-24(28(5)16-17-30-22-12-10-19(2)11-13-22)26-15-14-20-8-7-9-21(18-20)23(29)27(3)4/h7-13,18H,6,14-17H2,1-5H3,(H,25,26). The molecule has 2 aromatic rings. The second kappa shape index (κ2) is 11.9. The van der Waals surface area contributed by atoms with Gasteiger partial charge in [0.25, 0.3) is 5.91 Å². The van der Waals surface area contributed by atoms with Gasteiger partial charge < -0.3 is 19.9 Å². The van der Waals surface area contributed by atoms with E-state index in [9.17, 15) is 4.79 Å². The molecule has 6 heteroatoms. The fraction of sp³-hybridized carbons (Fsp3) is 0.417. The Labute approximate surface area is 180 Å². The zero-order chi connectivity index (χ0) is 21.9. The Bertz CT molecular complexity index is 831. The van der Waals surface area contributed by atoms with Crippen molar-refractivity contribution in [2.24, 2.45) is 4.99 Å². The smallest absolute Gasteiger partial charge is 0.253 e. The molecular weight excluding hydrogens is 376 g/mol. The van der Waals surface area contributed by atoms with E-state index in [-0.39, 0.29) is 5.91 Å². The molecule has 0 spiro atoms. The zero-order valence-electron chi connectivity index (χ0n) is 18.8. The van der Waals surface area contributed by atoms with Crippen LogP contribution in [0.1, 0.15) is 28.4 Å². The molecule has 6 nitrogen and oxygen atoms in total. The molecule has 0 saturated carbocycles. The average Bonchev–Trinajstić information content (AvgIpc) is 2.74. The van der Waals surface area contributed by atoms with Crippen LogP contribution in [0.4, 0.5) is 0 Å². The summed E-state index contributed by atoms with van der Waals surface area (Å²) < 4.78 is 5.83. The van der Waals surface area contributed by atoms with Crippen LogP contribution in [0.25, 0.3) is 0 Å². The van der Waals surface area contributed by atoms with E-state index in [2.05, 4.69) is 24.1 Å². The Hall–Kier alpha value is -3.02. The molecule has 0 bridgehead atoms. The number of benzene rings is 2. The lowest BCUT2D eigenvalue weighted by Gasteiger charge is -2.22. The Balaban J connectivity index is 1.89. The molecule has 0 heterocycles. The highest BCUT2D eigenvalue weighted by molar-refractivity contribution is 5.94. The van der Waals surface area contributed by atoms with Crippen molar-refractivity contribution in [3.05, 3.63) is 65.2 Å². The number of hydrogen-bond donors (Lipinski definition) is 1. The molecular formula is C24H34N4O2. The minimum Gasteiger partial charge on any atom is -0.492 e. The summed E-state index contributed by atoms with van der Waals surface area (Å²) >= 11 is 0. The van der Waals surface area contributed by atoms with Gasteiger partial charge in [0, 0.05) is 39.8 Å². The number of hydrogen-bond acceptors (Lipinski definition) is 3. The SMILES string of the molecule is CCNC(=NCCc1cccc(C(=O)N(C)C)c1)N(C)CCOc1ccc(C)cc1. The predicted octanol–water partition coefficient (Wildman–Crippen LogP) is 3.22. The van der Waals surface area contributed by atoms with Gasteiger partial charge in [0.15, 0.2) is 5.96 Å². The van der Waals surface area contributed by atoms with E-state index < -0.39 is 0 Å². The van der Waals surface area contributed by atoms with Gasteiger partial charge in [0.05, 0.1) is 6.54 Å². The molecule has 30 heavy (non-hydrogen) atoms. The molecule has 0 aliphatic rings. The molecule has 0 saturated heterocycles. The van der Waals surface area contributed by atoms with E-state index >= 15 is 0 Å². The molecule has 1 amide bonds. The van der Waals surface area contributed by atoms with Crippen LogP contribution in [0, 0.1) is 6.92 Å². The number of carbonyl (C=O) groups is 1. The molecule has 2 rings (SSSR count). The van der Waals surface area contributed by atoms with E-state index in [1.54, 1.807) is 19.0 Å². The van der Waals surface area contributed by atoms with Crippen molar-refractivity contribution < 1.29 is 9.53 Å². The van der Waals surface area contributed by atoms with Gasteiger partial charge in [-0.3, -0.25) is 9.79 Å². The maximum atomic E-state index is 12.1. The predicted molar refractivity (Wildman–Crippen MR) is 123 cm³/mol. The molecule has 0 aromatic heterocycles. The van der Waals surface area contributed by atoms with Gasteiger partial charge in [-0.05, 0) is 50.1 Å². The Morgan fingerprint density at radius 1 is 1.10 bits per heavy atom. The van der Waals surface area contributed by atoms with Crippen LogP contribution in [-0.2, 0) is 6.42 Å². The summed E-state index contributed by atoms with van der Waals surface area (Å²) in [5.41, 5.74) is 3.03. The quantitative estimate of drug-likeness (QED) is 0.509. The molecule has 1 N–H and O–H groups in total. The van der Waals surface area contributed by atoms with Gasteiger partial charge in [-0.25, -0.2) is 0 Å². The monoisotopic (exact) mass is 410 g/mol. The summed E-state index contributed by atoms with van der Waals surface area (Å²) in [6.45, 7) is 6.88. The summed E-state index contributed by atoms with van der Waals surface area (Å²) in [4.78, 5) is 20.5. The number of aliphatic imine (C=N–C) groups is 1. The average molecular weight is 411 g/mol. The Morgan fingerprint density at radius 2 is 1.83 bits per heavy atom. The number of amides is 1. The third-order valence-electron chi connectivity index (χ3n) is 4.66. The number of guanidine groups is 1. The molecule has 0 unspecified atom stereocenters. The van der Waals surface area contributed by atoms with Crippen molar-refractivity contribution in [3.8, 4) is 5.75 Å². The van der Waals surface area contributed by atoms with Crippen LogP contribution in [0.2, 0.25) is 0 Å². The summed E-state index contributed by atoms with van der Waals surface area (Å²) in [6.07, 6.45) is 0.775. The third-order valence-corrected chi connectivity index (χ3v) is 4.66. The number of nitrogens with zero attached hydrogens (tertiary/aromatic N) is 3. The first-order chi connectivity index (χ1) is 14.4. The molecule has 2 aromatic carbocycles. The second-order valence-electron chi connectivity index (χ2n) is 7.47. The minimum atomic E-state index is 0.0157. The van der Waals surface area contributed by atoms with Crippen LogP contribution in [0.3, 0.4) is 0 Å². The first-order valence-electron chi connectivity index (χ1n) is 10.4. The molecule has 0 atom stereocenters. The van der Waals surface area contributed by atoms with Gasteiger partial charge >= 0.3 is 0 Å². The first-order valence-corrected chi connectivity index (χ1v) is 10.4. The van der Waals surface area contributed by atoms with Crippen LogP contribution in [-0.4, -0.2) is 69.1 Å². The Morgan fingerprint density at radius 3 is 2.50 bits per heavy atom. The number of aryl methyl sites for hydroxylation is 1. The molecule has 0 aliphatic carbocycles. The highest BCUT2D eigenvalue weighted by atomic mass is 16.5. The summed E-state index contributed by atoms with van der Waals surface area (Å²) in [6, 6.07) is 15.8. The zero-order valence-corrected chi connectivity index (χ0v) is 18.8. The van der Waals surface area contributed by atoms with E-state index in [0.29, 0.717) is 18.7 Å². The van der Waals surface area contributed by atoms with Gasteiger partial charge in [0.1, 0.15) is 12.4 Å². The molecule has 0 radical (unpaired) electrons. The lowest BCUT2D eigenvalue weighted by atomic mass is 10.1. The van der Waals surface area contributed by atoms with Crippen molar-refractivity contribution in [2.45, 2.75) is 20.3 Å². The van der Waals surface area contributed by atoms with Crippen molar-refractivity contribution in [2.75, 3.05) is 47.4 Å². The number of likely N-dealkylation sites (N-methyl/N-ethyl adjacent to an activating group) is 1. The number of ether oxygens (including phenoxy) is 1. The maximum Gasteiger partial charge on any atom is 0.253 e. The lowest BCUT2D eigenvalue weighted by Crippen LogP contribution is -2.41. The van der Waals surface area contributed by atoms with Gasteiger partial charge in [-0.2, -0.15) is 0 Å². The normalized spacial score (nSPS) is 11.2. The largest absolute Gasteiger partial charge is 0.492 e. The fourth-order valence-electron chi connectivity index (χ4n) is 2.92. The summed E-state index contributed by atoms with van der Waals surface area (Å²) in [7, 11) is 5.54. The second-order valence-corrected chi connectivity index (χ2v) is 7.47. The minimum absolute atomic E-state index is 0.0157. The van der Waals surface area contributed by atoms with E-state index in [0.717, 1.165) is 36.8 Å². The topological polar surface area (TPSA) is 57.2 Å².